The third-order valence-corrected chi connectivity index (χ3v) is 3.39. The summed E-state index contributed by atoms with van der Waals surface area (Å²) in [7, 11) is 0. The number of carbonyl (C=O) groups excluding carboxylic acids is 1. The van der Waals surface area contributed by atoms with Crippen molar-refractivity contribution >= 4 is 27.5 Å². The largest absolute Gasteiger partial charge is 0.473 e. The van der Waals surface area contributed by atoms with Crippen LogP contribution < -0.4 is 0 Å². The average molecular weight is 351 g/mol. The number of aliphatic hydroxyl groups is 1. The summed E-state index contributed by atoms with van der Waals surface area (Å²) in [5, 5.41) is 14.1. The lowest BCUT2D eigenvalue weighted by Crippen LogP contribution is -2.48. The molecule has 1 atom stereocenters. The van der Waals surface area contributed by atoms with Crippen LogP contribution in [-0.2, 0) is 10.5 Å². The molecule has 0 saturated heterocycles. The Kier molecular flexibility index (Phi) is 3.64. The van der Waals surface area contributed by atoms with Crippen molar-refractivity contribution in [2.24, 2.45) is 5.10 Å². The number of rotatable bonds is 1. The normalized spacial score (nSPS) is 22.9. The van der Waals surface area contributed by atoms with Gasteiger partial charge in [0.25, 0.3) is 0 Å². The van der Waals surface area contributed by atoms with Crippen molar-refractivity contribution in [3.8, 4) is 0 Å². The molecule has 0 bridgehead atoms. The van der Waals surface area contributed by atoms with E-state index in [2.05, 4.69) is 21.0 Å². The zero-order valence-electron chi connectivity index (χ0n) is 10.3. The quantitative estimate of drug-likeness (QED) is 0.846. The number of hydrazone groups is 1. The molecule has 108 valence electrons. The number of hydrogen-bond donors (Lipinski definition) is 1. The monoisotopic (exact) mass is 350 g/mol. The van der Waals surface area contributed by atoms with E-state index in [0.717, 1.165) is 0 Å². The zero-order valence-corrected chi connectivity index (χ0v) is 11.9. The van der Waals surface area contributed by atoms with Crippen molar-refractivity contribution in [1.82, 2.24) is 5.01 Å². The van der Waals surface area contributed by atoms with Crippen LogP contribution in [0.3, 0.4) is 0 Å². The molecular formula is C12H10BrF3N2O2. The molecule has 0 unspecified atom stereocenters. The van der Waals surface area contributed by atoms with Crippen molar-refractivity contribution in [1.29, 1.82) is 0 Å². The molecule has 1 heterocycles. The summed E-state index contributed by atoms with van der Waals surface area (Å²) >= 11 is 3.19. The molecule has 0 spiro atoms. The summed E-state index contributed by atoms with van der Waals surface area (Å²) in [6.07, 6.45) is -5.27. The Labute approximate surface area is 121 Å². The van der Waals surface area contributed by atoms with Crippen molar-refractivity contribution in [2.45, 2.75) is 25.2 Å². The smallest absolute Gasteiger partial charge is 0.365 e. The van der Waals surface area contributed by atoms with Gasteiger partial charge in [-0.25, -0.2) is 0 Å². The number of amides is 1. The van der Waals surface area contributed by atoms with Gasteiger partial charge in [-0.15, -0.1) is 0 Å². The van der Waals surface area contributed by atoms with Gasteiger partial charge in [0.15, 0.2) is 5.72 Å². The van der Waals surface area contributed by atoms with Crippen molar-refractivity contribution in [3.63, 3.8) is 0 Å². The molecule has 2 rings (SSSR count). The lowest BCUT2D eigenvalue weighted by molar-refractivity contribution is -0.206. The Hall–Kier alpha value is -1.41. The molecule has 1 N–H and O–H groups in total. The summed E-state index contributed by atoms with van der Waals surface area (Å²) < 4.78 is 38.4. The summed E-state index contributed by atoms with van der Waals surface area (Å²) in [6, 6.07) is 6.01. The second-order valence-corrected chi connectivity index (χ2v) is 5.37. The van der Waals surface area contributed by atoms with Crippen LogP contribution >= 0.6 is 15.9 Å². The molecule has 20 heavy (non-hydrogen) atoms. The third kappa shape index (κ3) is 2.57. The molecule has 1 aromatic carbocycles. The van der Waals surface area contributed by atoms with Gasteiger partial charge in [-0.05, 0) is 19.1 Å². The van der Waals surface area contributed by atoms with Crippen molar-refractivity contribution < 1.29 is 23.1 Å². The Morgan fingerprint density at radius 2 is 1.95 bits per heavy atom. The van der Waals surface area contributed by atoms with Crippen molar-refractivity contribution in [2.75, 3.05) is 0 Å². The maximum atomic E-state index is 12.6. The maximum Gasteiger partial charge on any atom is 0.473 e. The van der Waals surface area contributed by atoms with E-state index in [0.29, 0.717) is 4.47 Å². The number of carbonyl (C=O) groups is 1. The van der Waals surface area contributed by atoms with Gasteiger partial charge in [0.1, 0.15) is 0 Å². The minimum Gasteiger partial charge on any atom is -0.365 e. The van der Waals surface area contributed by atoms with Crippen LogP contribution in [0.2, 0.25) is 0 Å². The van der Waals surface area contributed by atoms with Gasteiger partial charge in [0.2, 0.25) is 0 Å². The summed E-state index contributed by atoms with van der Waals surface area (Å²) in [5.74, 6) is -2.19. The molecule has 0 radical (unpaired) electrons. The van der Waals surface area contributed by atoms with Crippen molar-refractivity contribution in [3.05, 3.63) is 34.3 Å². The van der Waals surface area contributed by atoms with E-state index in [9.17, 15) is 23.1 Å². The van der Waals surface area contributed by atoms with E-state index in [1.54, 1.807) is 12.1 Å². The summed E-state index contributed by atoms with van der Waals surface area (Å²) in [5.41, 5.74) is -1.70. The fraction of sp³-hybridized carbons (Fsp3) is 0.333. The van der Waals surface area contributed by atoms with Gasteiger partial charge in [-0.2, -0.15) is 23.3 Å². The second kappa shape index (κ2) is 4.85. The molecule has 0 aromatic heterocycles. The van der Waals surface area contributed by atoms with Gasteiger partial charge in [0.05, 0.1) is 0 Å². The minimum absolute atomic E-state index is 0.103. The lowest BCUT2D eigenvalue weighted by Gasteiger charge is -2.31. The number of halogens is 4. The Balaban J connectivity index is 2.44. The molecular weight excluding hydrogens is 341 g/mol. The molecule has 0 saturated carbocycles. The number of nitrogens with zero attached hydrogens (tertiary/aromatic N) is 2. The molecule has 4 nitrogen and oxygen atoms in total. The van der Waals surface area contributed by atoms with E-state index in [1.807, 2.05) is 0 Å². The van der Waals surface area contributed by atoms with Crippen LogP contribution in [0.4, 0.5) is 13.2 Å². The minimum atomic E-state index is -5.10. The third-order valence-electron chi connectivity index (χ3n) is 2.86. The second-order valence-electron chi connectivity index (χ2n) is 4.45. The van der Waals surface area contributed by atoms with Crippen LogP contribution in [-0.4, -0.2) is 27.9 Å². The first-order valence-electron chi connectivity index (χ1n) is 5.58. The van der Waals surface area contributed by atoms with Gasteiger partial charge < -0.3 is 5.11 Å². The number of hydrogen-bond acceptors (Lipinski definition) is 3. The molecule has 0 aliphatic carbocycles. The van der Waals surface area contributed by atoms with Crippen LogP contribution in [0.1, 0.15) is 18.9 Å². The van der Waals surface area contributed by atoms with Gasteiger partial charge in [0, 0.05) is 22.2 Å². The lowest BCUT2D eigenvalue weighted by atomic mass is 9.98. The number of benzene rings is 1. The predicted molar refractivity (Wildman–Crippen MR) is 68.7 cm³/mol. The molecule has 1 aliphatic heterocycles. The molecule has 1 aliphatic rings. The molecule has 0 fully saturated rings. The maximum absolute atomic E-state index is 12.6. The highest BCUT2D eigenvalue weighted by molar-refractivity contribution is 9.10. The predicted octanol–water partition coefficient (Wildman–Crippen LogP) is 2.76. The van der Waals surface area contributed by atoms with Gasteiger partial charge in [-0.3, -0.25) is 4.79 Å². The zero-order chi connectivity index (χ0) is 15.1. The van der Waals surface area contributed by atoms with E-state index in [1.165, 1.54) is 19.1 Å². The first-order chi connectivity index (χ1) is 9.14. The van der Waals surface area contributed by atoms with Gasteiger partial charge in [-0.1, -0.05) is 28.1 Å². The van der Waals surface area contributed by atoms with E-state index < -0.39 is 17.8 Å². The fourth-order valence-electron chi connectivity index (χ4n) is 2.00. The van der Waals surface area contributed by atoms with Crippen LogP contribution in [0.5, 0.6) is 0 Å². The van der Waals surface area contributed by atoms with Crippen LogP contribution in [0.15, 0.2) is 33.8 Å². The Bertz CT molecular complexity index is 571. The van der Waals surface area contributed by atoms with E-state index >= 15 is 0 Å². The highest BCUT2D eigenvalue weighted by Crippen LogP contribution is 2.38. The first-order valence-corrected chi connectivity index (χ1v) is 6.38. The van der Waals surface area contributed by atoms with E-state index in [4.69, 9.17) is 0 Å². The summed E-state index contributed by atoms with van der Waals surface area (Å²) in [6.45, 7) is 1.45. The van der Waals surface area contributed by atoms with Gasteiger partial charge >= 0.3 is 12.1 Å². The highest BCUT2D eigenvalue weighted by atomic mass is 79.9. The first kappa shape index (κ1) is 15.0. The SMILES string of the molecule is CC1=NN(C(=O)C(F)(F)F)[C@](O)(c2ccc(Br)cc2)C1. The van der Waals surface area contributed by atoms with Crippen LogP contribution in [0, 0.1) is 0 Å². The molecule has 8 heteroatoms. The summed E-state index contributed by atoms with van der Waals surface area (Å²) in [4.78, 5) is 11.4. The highest BCUT2D eigenvalue weighted by Gasteiger charge is 2.53. The topological polar surface area (TPSA) is 52.9 Å². The Morgan fingerprint density at radius 3 is 2.45 bits per heavy atom. The standard InChI is InChI=1S/C12H10BrF3N2O2/c1-7-6-11(20,8-2-4-9(13)5-3-8)18(17-7)10(19)12(14,15)16/h2-5,20H,6H2,1H3/t11-/m1/s1. The Morgan fingerprint density at radius 1 is 1.40 bits per heavy atom. The molecule has 1 aromatic rings. The number of alkyl halides is 3. The average Bonchev–Trinajstić information content (AvgIpc) is 2.64. The van der Waals surface area contributed by atoms with E-state index in [-0.39, 0.29) is 22.7 Å². The van der Waals surface area contributed by atoms with Crippen LogP contribution in [0.25, 0.3) is 0 Å². The molecule has 1 amide bonds. The fourth-order valence-corrected chi connectivity index (χ4v) is 2.26.